The Morgan fingerprint density at radius 2 is 1.52 bits per heavy atom. The molecule has 1 heterocycles. The Morgan fingerprint density at radius 3 is 2.19 bits per heavy atom. The number of nitriles is 1. The van der Waals surface area contributed by atoms with Gasteiger partial charge in [-0.05, 0) is 29.7 Å². The van der Waals surface area contributed by atoms with Gasteiger partial charge in [0.15, 0.2) is 0 Å². The molecule has 0 bridgehead atoms. The molecule has 0 spiro atoms. The van der Waals surface area contributed by atoms with Crippen molar-refractivity contribution in [1.82, 2.24) is 10.0 Å². The van der Waals surface area contributed by atoms with Crippen molar-refractivity contribution in [2.24, 2.45) is 0 Å². The van der Waals surface area contributed by atoms with Crippen LogP contribution in [0.4, 0.5) is 0 Å². The summed E-state index contributed by atoms with van der Waals surface area (Å²) >= 11 is 0. The second kappa shape index (κ2) is 5.69. The maximum absolute atomic E-state index is 9.08. The molecule has 3 nitrogen and oxygen atoms in total. The van der Waals surface area contributed by atoms with Gasteiger partial charge < -0.3 is 0 Å². The van der Waals surface area contributed by atoms with Crippen LogP contribution in [0.1, 0.15) is 35.2 Å². The molecule has 1 saturated heterocycles. The molecule has 2 atom stereocenters. The maximum Gasteiger partial charge on any atom is 0.0991 e. The normalized spacial score (nSPS) is 23.1. The average Bonchev–Trinajstić information content (AvgIpc) is 2.84. The third-order valence-corrected chi connectivity index (χ3v) is 4.43. The summed E-state index contributed by atoms with van der Waals surface area (Å²) in [5.41, 5.74) is 3.28. The SMILES string of the molecule is CN1C(c2ccccc2)CC(c2cccc(C#N)c2)N1C. The lowest BCUT2D eigenvalue weighted by atomic mass is 9.96. The van der Waals surface area contributed by atoms with Gasteiger partial charge in [-0.1, -0.05) is 42.5 Å². The van der Waals surface area contributed by atoms with E-state index in [1.165, 1.54) is 11.1 Å². The minimum Gasteiger partial charge on any atom is -0.237 e. The van der Waals surface area contributed by atoms with E-state index in [4.69, 9.17) is 5.26 Å². The first-order valence-corrected chi connectivity index (χ1v) is 7.21. The lowest BCUT2D eigenvalue weighted by molar-refractivity contribution is 0.0252. The summed E-state index contributed by atoms with van der Waals surface area (Å²) in [6.07, 6.45) is 1.03. The number of benzene rings is 2. The molecule has 0 aromatic heterocycles. The molecule has 3 heteroatoms. The van der Waals surface area contributed by atoms with Gasteiger partial charge in [-0.25, -0.2) is 10.0 Å². The molecule has 3 rings (SSSR count). The van der Waals surface area contributed by atoms with E-state index in [0.29, 0.717) is 12.1 Å². The van der Waals surface area contributed by atoms with Crippen molar-refractivity contribution in [3.8, 4) is 6.07 Å². The molecule has 0 aliphatic carbocycles. The summed E-state index contributed by atoms with van der Waals surface area (Å²) in [6, 6.07) is 21.5. The topological polar surface area (TPSA) is 30.3 Å². The molecule has 21 heavy (non-hydrogen) atoms. The van der Waals surface area contributed by atoms with Crippen molar-refractivity contribution in [3.05, 3.63) is 71.3 Å². The fourth-order valence-corrected chi connectivity index (χ4v) is 3.15. The number of hydrogen-bond donors (Lipinski definition) is 0. The third kappa shape index (κ3) is 2.56. The Labute approximate surface area is 126 Å². The molecule has 2 aromatic rings. The standard InChI is InChI=1S/C18H19N3/c1-20-17(15-8-4-3-5-9-15)12-18(21(20)2)16-10-6-7-14(11-16)13-19/h3-11,17-18H,12H2,1-2H3. The quantitative estimate of drug-likeness (QED) is 0.841. The van der Waals surface area contributed by atoms with E-state index in [2.05, 4.69) is 66.6 Å². The zero-order chi connectivity index (χ0) is 14.8. The zero-order valence-corrected chi connectivity index (χ0v) is 12.4. The monoisotopic (exact) mass is 277 g/mol. The third-order valence-electron chi connectivity index (χ3n) is 4.43. The first-order chi connectivity index (χ1) is 10.2. The fraction of sp³-hybridized carbons (Fsp3) is 0.278. The Balaban J connectivity index is 1.90. The predicted molar refractivity (Wildman–Crippen MR) is 83.2 cm³/mol. The molecule has 106 valence electrons. The zero-order valence-electron chi connectivity index (χ0n) is 12.4. The highest BCUT2D eigenvalue weighted by atomic mass is 15.6. The summed E-state index contributed by atoms with van der Waals surface area (Å²) < 4.78 is 0. The highest BCUT2D eigenvalue weighted by Gasteiger charge is 2.36. The Hall–Kier alpha value is -2.15. The second-order valence-electron chi connectivity index (χ2n) is 5.56. The lowest BCUT2D eigenvalue weighted by Gasteiger charge is -2.28. The summed E-state index contributed by atoms with van der Waals surface area (Å²) in [4.78, 5) is 0. The van der Waals surface area contributed by atoms with E-state index in [1.807, 2.05) is 18.2 Å². The van der Waals surface area contributed by atoms with Crippen LogP contribution in [0, 0.1) is 11.3 Å². The van der Waals surface area contributed by atoms with Gasteiger partial charge >= 0.3 is 0 Å². The van der Waals surface area contributed by atoms with Gasteiger partial charge in [-0.2, -0.15) is 5.26 Å². The minimum absolute atomic E-state index is 0.313. The van der Waals surface area contributed by atoms with Crippen LogP contribution >= 0.6 is 0 Å². The van der Waals surface area contributed by atoms with E-state index < -0.39 is 0 Å². The van der Waals surface area contributed by atoms with Crippen molar-refractivity contribution in [1.29, 1.82) is 5.26 Å². The van der Waals surface area contributed by atoms with Crippen LogP contribution in [-0.2, 0) is 0 Å². The van der Waals surface area contributed by atoms with Gasteiger partial charge in [-0.3, -0.25) is 0 Å². The van der Waals surface area contributed by atoms with E-state index >= 15 is 0 Å². The molecule has 1 aliphatic rings. The van der Waals surface area contributed by atoms with Crippen molar-refractivity contribution in [2.75, 3.05) is 14.1 Å². The Bertz CT molecular complexity index is 660. The first kappa shape index (κ1) is 13.8. The molecule has 1 aliphatic heterocycles. The summed E-state index contributed by atoms with van der Waals surface area (Å²) in [5, 5.41) is 13.6. The summed E-state index contributed by atoms with van der Waals surface area (Å²) in [6.45, 7) is 0. The molecule has 2 unspecified atom stereocenters. The highest BCUT2D eigenvalue weighted by molar-refractivity contribution is 5.35. The number of rotatable bonds is 2. The van der Waals surface area contributed by atoms with Crippen LogP contribution in [0.25, 0.3) is 0 Å². The van der Waals surface area contributed by atoms with Crippen LogP contribution in [0.5, 0.6) is 0 Å². The Morgan fingerprint density at radius 1 is 0.905 bits per heavy atom. The largest absolute Gasteiger partial charge is 0.237 e. The molecule has 0 saturated carbocycles. The molecule has 0 N–H and O–H groups in total. The second-order valence-corrected chi connectivity index (χ2v) is 5.56. The lowest BCUT2D eigenvalue weighted by Crippen LogP contribution is -2.32. The van der Waals surface area contributed by atoms with Crippen LogP contribution in [-0.4, -0.2) is 24.1 Å². The molecule has 0 radical (unpaired) electrons. The molecule has 2 aromatic carbocycles. The van der Waals surface area contributed by atoms with Gasteiger partial charge in [0.2, 0.25) is 0 Å². The minimum atomic E-state index is 0.313. The van der Waals surface area contributed by atoms with E-state index in [9.17, 15) is 0 Å². The van der Waals surface area contributed by atoms with Crippen molar-refractivity contribution < 1.29 is 0 Å². The van der Waals surface area contributed by atoms with E-state index in [-0.39, 0.29) is 0 Å². The van der Waals surface area contributed by atoms with Gasteiger partial charge in [-0.15, -0.1) is 0 Å². The van der Waals surface area contributed by atoms with Gasteiger partial charge in [0.25, 0.3) is 0 Å². The first-order valence-electron chi connectivity index (χ1n) is 7.21. The molecule has 1 fully saturated rings. The number of hydrazine groups is 1. The van der Waals surface area contributed by atoms with E-state index in [0.717, 1.165) is 12.0 Å². The predicted octanol–water partition coefficient (Wildman–Crippen LogP) is 3.52. The smallest absolute Gasteiger partial charge is 0.0991 e. The van der Waals surface area contributed by atoms with Crippen LogP contribution in [0.2, 0.25) is 0 Å². The maximum atomic E-state index is 9.08. The van der Waals surface area contributed by atoms with Crippen LogP contribution in [0.15, 0.2) is 54.6 Å². The van der Waals surface area contributed by atoms with Crippen molar-refractivity contribution in [3.63, 3.8) is 0 Å². The van der Waals surface area contributed by atoms with Gasteiger partial charge in [0.05, 0.1) is 23.7 Å². The Kier molecular flexibility index (Phi) is 3.74. The number of nitrogens with zero attached hydrogens (tertiary/aromatic N) is 3. The van der Waals surface area contributed by atoms with Crippen molar-refractivity contribution in [2.45, 2.75) is 18.5 Å². The average molecular weight is 277 g/mol. The van der Waals surface area contributed by atoms with Gasteiger partial charge in [0.1, 0.15) is 0 Å². The van der Waals surface area contributed by atoms with Crippen LogP contribution < -0.4 is 0 Å². The van der Waals surface area contributed by atoms with Gasteiger partial charge in [0, 0.05) is 14.1 Å². The van der Waals surface area contributed by atoms with Crippen LogP contribution in [0.3, 0.4) is 0 Å². The molecular formula is C18H19N3. The fourth-order valence-electron chi connectivity index (χ4n) is 3.15. The molecule has 0 amide bonds. The summed E-state index contributed by atoms with van der Waals surface area (Å²) in [5.74, 6) is 0. The summed E-state index contributed by atoms with van der Waals surface area (Å²) in [7, 11) is 4.25. The van der Waals surface area contributed by atoms with Crippen molar-refractivity contribution >= 4 is 0 Å². The number of hydrogen-bond acceptors (Lipinski definition) is 3. The van der Waals surface area contributed by atoms with E-state index in [1.54, 1.807) is 0 Å². The molecular weight excluding hydrogens is 258 g/mol. The highest BCUT2D eigenvalue weighted by Crippen LogP contribution is 2.41.